The van der Waals surface area contributed by atoms with Gasteiger partial charge in [-0.2, -0.15) is 0 Å². The zero-order valence-corrected chi connectivity index (χ0v) is 11.3. The van der Waals surface area contributed by atoms with Gasteiger partial charge in [0.1, 0.15) is 0 Å². The van der Waals surface area contributed by atoms with Crippen molar-refractivity contribution in [2.45, 2.75) is 32.7 Å². The van der Waals surface area contributed by atoms with Crippen molar-refractivity contribution >= 4 is 11.9 Å². The van der Waals surface area contributed by atoms with E-state index < -0.39 is 5.97 Å². The average Bonchev–Trinajstić information content (AvgIpc) is 2.37. The molecule has 2 rings (SSSR count). The lowest BCUT2D eigenvalue weighted by Crippen LogP contribution is -2.46. The maximum Gasteiger partial charge on any atom is 0.306 e. The first-order valence-corrected chi connectivity index (χ1v) is 6.59. The lowest BCUT2D eigenvalue weighted by molar-refractivity contribution is -0.143. The smallest absolute Gasteiger partial charge is 0.306 e. The Balaban J connectivity index is 2.11. The van der Waals surface area contributed by atoms with Gasteiger partial charge in [-0.3, -0.25) is 9.59 Å². The number of likely N-dealkylation sites (tertiary alicyclic amines) is 1. The van der Waals surface area contributed by atoms with Gasteiger partial charge < -0.3 is 10.0 Å². The van der Waals surface area contributed by atoms with Crippen LogP contribution >= 0.6 is 0 Å². The molecule has 0 aliphatic carbocycles. The number of carboxylic acid groups (broad SMARTS) is 1. The number of carbonyl (C=O) groups excluding carboxylic acids is 1. The first-order valence-electron chi connectivity index (χ1n) is 6.59. The first-order chi connectivity index (χ1) is 8.99. The van der Waals surface area contributed by atoms with Gasteiger partial charge >= 0.3 is 5.97 Å². The van der Waals surface area contributed by atoms with Crippen molar-refractivity contribution < 1.29 is 14.7 Å². The number of carbonyl (C=O) groups is 2. The van der Waals surface area contributed by atoms with Crippen LogP contribution in [0.15, 0.2) is 24.3 Å². The van der Waals surface area contributed by atoms with E-state index >= 15 is 0 Å². The number of piperidine rings is 1. The Hall–Kier alpha value is -1.84. The molecule has 1 aliphatic rings. The summed E-state index contributed by atoms with van der Waals surface area (Å²) in [6.45, 7) is 4.39. The molecule has 1 heterocycles. The van der Waals surface area contributed by atoms with Crippen molar-refractivity contribution in [1.29, 1.82) is 0 Å². The van der Waals surface area contributed by atoms with Gasteiger partial charge in [0, 0.05) is 18.2 Å². The lowest BCUT2D eigenvalue weighted by Gasteiger charge is -2.36. The van der Waals surface area contributed by atoms with E-state index in [1.54, 1.807) is 4.90 Å². The standard InChI is InChI=1S/C15H19NO3/c1-10-4-3-5-12(8-10)14(17)16-7-6-13(15(18)19)9-11(16)2/h3-5,8,11,13H,6-7,9H2,1-2H3,(H,18,19). The number of carboxylic acids is 1. The highest BCUT2D eigenvalue weighted by Gasteiger charge is 2.32. The molecular weight excluding hydrogens is 242 g/mol. The van der Waals surface area contributed by atoms with Crippen LogP contribution in [0.4, 0.5) is 0 Å². The van der Waals surface area contributed by atoms with Crippen molar-refractivity contribution in [2.75, 3.05) is 6.54 Å². The monoisotopic (exact) mass is 261 g/mol. The van der Waals surface area contributed by atoms with E-state index in [9.17, 15) is 9.59 Å². The molecule has 19 heavy (non-hydrogen) atoms. The van der Waals surface area contributed by atoms with Gasteiger partial charge in [0.25, 0.3) is 5.91 Å². The molecule has 1 aromatic rings. The lowest BCUT2D eigenvalue weighted by atomic mass is 9.91. The maximum atomic E-state index is 12.4. The van der Waals surface area contributed by atoms with Gasteiger partial charge in [0.05, 0.1) is 5.92 Å². The predicted molar refractivity (Wildman–Crippen MR) is 72.0 cm³/mol. The summed E-state index contributed by atoms with van der Waals surface area (Å²) >= 11 is 0. The number of rotatable bonds is 2. The van der Waals surface area contributed by atoms with Crippen LogP contribution in [0.3, 0.4) is 0 Å². The summed E-state index contributed by atoms with van der Waals surface area (Å²) < 4.78 is 0. The van der Waals surface area contributed by atoms with Crippen molar-refractivity contribution in [3.63, 3.8) is 0 Å². The van der Waals surface area contributed by atoms with Crippen molar-refractivity contribution in [2.24, 2.45) is 5.92 Å². The molecule has 0 bridgehead atoms. The minimum absolute atomic E-state index is 0.0000359. The van der Waals surface area contributed by atoms with Crippen LogP contribution < -0.4 is 0 Å². The molecule has 1 amide bonds. The van der Waals surface area contributed by atoms with Gasteiger partial charge in [-0.25, -0.2) is 0 Å². The van der Waals surface area contributed by atoms with Crippen LogP contribution in [-0.4, -0.2) is 34.5 Å². The van der Waals surface area contributed by atoms with E-state index in [0.29, 0.717) is 24.9 Å². The second-order valence-corrected chi connectivity index (χ2v) is 5.28. The fraction of sp³-hybridized carbons (Fsp3) is 0.467. The molecule has 102 valence electrons. The maximum absolute atomic E-state index is 12.4. The summed E-state index contributed by atoms with van der Waals surface area (Å²) in [6, 6.07) is 7.49. The fourth-order valence-electron chi connectivity index (χ4n) is 2.64. The van der Waals surface area contributed by atoms with Crippen LogP contribution in [0.1, 0.15) is 35.7 Å². The topological polar surface area (TPSA) is 57.6 Å². The number of nitrogens with zero attached hydrogens (tertiary/aromatic N) is 1. The number of aryl methyl sites for hydroxylation is 1. The van der Waals surface area contributed by atoms with E-state index in [1.807, 2.05) is 38.1 Å². The Morgan fingerprint density at radius 2 is 2.11 bits per heavy atom. The van der Waals surface area contributed by atoms with Crippen LogP contribution in [0.2, 0.25) is 0 Å². The quantitative estimate of drug-likeness (QED) is 0.888. The van der Waals surface area contributed by atoms with E-state index in [4.69, 9.17) is 5.11 Å². The molecule has 1 fully saturated rings. The Labute approximate surface area is 113 Å². The zero-order valence-electron chi connectivity index (χ0n) is 11.3. The molecule has 4 heteroatoms. The second kappa shape index (κ2) is 5.43. The molecule has 0 saturated carbocycles. The molecule has 0 aromatic heterocycles. The van der Waals surface area contributed by atoms with Gasteiger partial charge in [-0.1, -0.05) is 17.7 Å². The third-order valence-electron chi connectivity index (χ3n) is 3.75. The molecule has 0 spiro atoms. The molecular formula is C15H19NO3. The molecule has 4 nitrogen and oxygen atoms in total. The number of hydrogen-bond acceptors (Lipinski definition) is 2. The average molecular weight is 261 g/mol. The van der Waals surface area contributed by atoms with Crippen molar-refractivity contribution in [3.05, 3.63) is 35.4 Å². The third-order valence-corrected chi connectivity index (χ3v) is 3.75. The number of hydrogen-bond donors (Lipinski definition) is 1. The fourth-order valence-corrected chi connectivity index (χ4v) is 2.64. The van der Waals surface area contributed by atoms with Crippen LogP contribution in [-0.2, 0) is 4.79 Å². The highest BCUT2D eigenvalue weighted by Crippen LogP contribution is 2.24. The number of benzene rings is 1. The number of aliphatic carboxylic acids is 1. The molecule has 0 radical (unpaired) electrons. The highest BCUT2D eigenvalue weighted by atomic mass is 16.4. The minimum Gasteiger partial charge on any atom is -0.481 e. The zero-order chi connectivity index (χ0) is 14.0. The van der Waals surface area contributed by atoms with E-state index in [-0.39, 0.29) is 17.9 Å². The van der Waals surface area contributed by atoms with Gasteiger partial charge in [-0.15, -0.1) is 0 Å². The first kappa shape index (κ1) is 13.6. The van der Waals surface area contributed by atoms with Crippen LogP contribution in [0.25, 0.3) is 0 Å². The summed E-state index contributed by atoms with van der Waals surface area (Å²) in [5.41, 5.74) is 1.74. The molecule has 1 aliphatic heterocycles. The summed E-state index contributed by atoms with van der Waals surface area (Å²) in [7, 11) is 0. The summed E-state index contributed by atoms with van der Waals surface area (Å²) in [5, 5.41) is 9.03. The minimum atomic E-state index is -0.755. The van der Waals surface area contributed by atoms with Crippen LogP contribution in [0.5, 0.6) is 0 Å². The molecule has 2 unspecified atom stereocenters. The van der Waals surface area contributed by atoms with E-state index in [1.165, 1.54) is 0 Å². The Morgan fingerprint density at radius 3 is 2.68 bits per heavy atom. The highest BCUT2D eigenvalue weighted by molar-refractivity contribution is 5.94. The van der Waals surface area contributed by atoms with E-state index in [2.05, 4.69) is 0 Å². The van der Waals surface area contributed by atoms with Gasteiger partial charge in [0.15, 0.2) is 0 Å². The normalized spacial score (nSPS) is 23.2. The van der Waals surface area contributed by atoms with Gasteiger partial charge in [-0.05, 0) is 38.8 Å². The van der Waals surface area contributed by atoms with Crippen molar-refractivity contribution in [3.8, 4) is 0 Å². The molecule has 1 N–H and O–H groups in total. The Morgan fingerprint density at radius 1 is 1.37 bits per heavy atom. The molecule has 1 saturated heterocycles. The second-order valence-electron chi connectivity index (χ2n) is 5.28. The molecule has 1 aromatic carbocycles. The van der Waals surface area contributed by atoms with Gasteiger partial charge in [0.2, 0.25) is 0 Å². The largest absolute Gasteiger partial charge is 0.481 e. The summed E-state index contributed by atoms with van der Waals surface area (Å²) in [5.74, 6) is -1.08. The Bertz CT molecular complexity index is 498. The number of amides is 1. The Kier molecular flexibility index (Phi) is 3.88. The third kappa shape index (κ3) is 2.95. The summed E-state index contributed by atoms with van der Waals surface area (Å²) in [4.78, 5) is 25.2. The SMILES string of the molecule is Cc1cccc(C(=O)N2CCC(C(=O)O)CC2C)c1. The van der Waals surface area contributed by atoms with E-state index in [0.717, 1.165) is 5.56 Å². The molecule has 2 atom stereocenters. The predicted octanol–water partition coefficient (Wildman–Crippen LogP) is 2.32. The van der Waals surface area contributed by atoms with Crippen molar-refractivity contribution in [1.82, 2.24) is 4.90 Å². The summed E-state index contributed by atoms with van der Waals surface area (Å²) in [6.07, 6.45) is 1.07. The van der Waals surface area contributed by atoms with Crippen LogP contribution in [0, 0.1) is 12.8 Å².